The standard InChI is InChI=1S/C19H28N2O3S.C2HF3O2/c1-15-2-4-16(5-3-15)12-21-13-19(14-21)17(9-11-24-19)8-10-20-25(22,23)18-6-7-18;3-2(4,5)1(6)7/h2-5,17-18,20H,6-14H2,1H3;(H,6,7). The number of aliphatic carboxylic acids is 1. The van der Waals surface area contributed by atoms with E-state index in [0.717, 1.165) is 51.9 Å². The summed E-state index contributed by atoms with van der Waals surface area (Å²) in [5.74, 6) is -2.30. The molecule has 2 saturated heterocycles. The molecular weight excluding hydrogens is 449 g/mol. The number of benzene rings is 1. The first-order valence-electron chi connectivity index (χ1n) is 10.6. The van der Waals surface area contributed by atoms with Crippen molar-refractivity contribution in [3.8, 4) is 0 Å². The minimum atomic E-state index is -5.08. The summed E-state index contributed by atoms with van der Waals surface area (Å²) in [6, 6.07) is 8.71. The molecule has 180 valence electrons. The van der Waals surface area contributed by atoms with Crippen molar-refractivity contribution >= 4 is 16.0 Å². The number of nitrogens with zero attached hydrogens (tertiary/aromatic N) is 1. The summed E-state index contributed by atoms with van der Waals surface area (Å²) >= 11 is 0. The monoisotopic (exact) mass is 478 g/mol. The van der Waals surface area contributed by atoms with Crippen molar-refractivity contribution in [2.45, 2.75) is 56.2 Å². The van der Waals surface area contributed by atoms with E-state index in [1.54, 1.807) is 0 Å². The minimum absolute atomic E-state index is 0.0459. The summed E-state index contributed by atoms with van der Waals surface area (Å²) in [4.78, 5) is 11.3. The Morgan fingerprint density at radius 1 is 1.22 bits per heavy atom. The van der Waals surface area contributed by atoms with E-state index in [-0.39, 0.29) is 10.9 Å². The van der Waals surface area contributed by atoms with E-state index >= 15 is 0 Å². The number of likely N-dealkylation sites (tertiary alicyclic amines) is 1. The van der Waals surface area contributed by atoms with Crippen molar-refractivity contribution in [2.75, 3.05) is 26.2 Å². The van der Waals surface area contributed by atoms with E-state index in [1.807, 2.05) is 0 Å². The zero-order valence-electron chi connectivity index (χ0n) is 17.9. The maximum absolute atomic E-state index is 11.9. The van der Waals surface area contributed by atoms with Gasteiger partial charge in [-0.25, -0.2) is 17.9 Å². The number of aryl methyl sites for hydroxylation is 1. The van der Waals surface area contributed by atoms with Gasteiger partial charge >= 0.3 is 12.1 Å². The lowest BCUT2D eigenvalue weighted by Gasteiger charge is -2.50. The third kappa shape index (κ3) is 6.43. The molecule has 0 amide bonds. The van der Waals surface area contributed by atoms with Gasteiger partial charge in [0.2, 0.25) is 10.0 Å². The Morgan fingerprint density at radius 2 is 1.81 bits per heavy atom. The Kier molecular flexibility index (Phi) is 7.53. The van der Waals surface area contributed by atoms with Crippen molar-refractivity contribution in [2.24, 2.45) is 5.92 Å². The van der Waals surface area contributed by atoms with Gasteiger partial charge in [-0.1, -0.05) is 29.8 Å². The average molecular weight is 479 g/mol. The van der Waals surface area contributed by atoms with Crippen LogP contribution in [0, 0.1) is 12.8 Å². The van der Waals surface area contributed by atoms with Crippen molar-refractivity contribution in [1.29, 1.82) is 0 Å². The SMILES string of the molecule is Cc1ccc(CN2CC3(C2)OCCC3CCNS(=O)(=O)C2CC2)cc1.O=C(O)C(F)(F)F. The van der Waals surface area contributed by atoms with E-state index in [4.69, 9.17) is 14.6 Å². The zero-order valence-corrected chi connectivity index (χ0v) is 18.7. The fourth-order valence-corrected chi connectivity index (χ4v) is 5.58. The third-order valence-electron chi connectivity index (χ3n) is 6.11. The molecule has 1 spiro atoms. The lowest BCUT2D eigenvalue weighted by Crippen LogP contribution is -2.64. The van der Waals surface area contributed by atoms with E-state index in [2.05, 4.69) is 40.8 Å². The average Bonchev–Trinajstić information content (AvgIpc) is 3.46. The summed E-state index contributed by atoms with van der Waals surface area (Å²) in [5, 5.41) is 7.00. The first-order chi connectivity index (χ1) is 14.9. The topological polar surface area (TPSA) is 95.9 Å². The molecule has 11 heteroatoms. The lowest BCUT2D eigenvalue weighted by molar-refractivity contribution is -0.192. The minimum Gasteiger partial charge on any atom is -0.475 e. The van der Waals surface area contributed by atoms with Gasteiger partial charge in [0, 0.05) is 32.8 Å². The van der Waals surface area contributed by atoms with E-state index in [9.17, 15) is 21.6 Å². The predicted molar refractivity (Wildman–Crippen MR) is 111 cm³/mol. The lowest BCUT2D eigenvalue weighted by atomic mass is 9.79. The van der Waals surface area contributed by atoms with Crippen LogP contribution in [0.1, 0.15) is 36.8 Å². The van der Waals surface area contributed by atoms with Gasteiger partial charge in [-0.15, -0.1) is 0 Å². The van der Waals surface area contributed by atoms with E-state index in [1.165, 1.54) is 11.1 Å². The largest absolute Gasteiger partial charge is 0.490 e. The normalized spacial score (nSPS) is 22.8. The molecule has 0 radical (unpaired) electrons. The highest BCUT2D eigenvalue weighted by molar-refractivity contribution is 7.90. The molecule has 1 aromatic carbocycles. The van der Waals surface area contributed by atoms with Gasteiger partial charge in [-0.2, -0.15) is 13.2 Å². The highest BCUT2D eigenvalue weighted by Gasteiger charge is 2.52. The number of nitrogens with one attached hydrogen (secondary N) is 1. The number of ether oxygens (including phenoxy) is 1. The molecule has 1 unspecified atom stereocenters. The number of hydrogen-bond donors (Lipinski definition) is 2. The zero-order chi connectivity index (χ0) is 23.6. The molecule has 7 nitrogen and oxygen atoms in total. The fourth-order valence-electron chi connectivity index (χ4n) is 4.19. The number of carboxylic acids is 1. The summed E-state index contributed by atoms with van der Waals surface area (Å²) in [5.41, 5.74) is 2.58. The molecule has 1 aliphatic carbocycles. The van der Waals surface area contributed by atoms with Crippen LogP contribution in [0.3, 0.4) is 0 Å². The van der Waals surface area contributed by atoms with E-state index in [0.29, 0.717) is 12.5 Å². The number of carboxylic acid groups (broad SMARTS) is 1. The van der Waals surface area contributed by atoms with Crippen LogP contribution in [-0.4, -0.2) is 67.7 Å². The van der Waals surface area contributed by atoms with Gasteiger partial charge in [0.15, 0.2) is 0 Å². The van der Waals surface area contributed by atoms with Crippen LogP contribution in [0.15, 0.2) is 24.3 Å². The number of sulfonamides is 1. The number of alkyl halides is 3. The van der Waals surface area contributed by atoms with Gasteiger partial charge in [0.05, 0.1) is 10.9 Å². The van der Waals surface area contributed by atoms with Gasteiger partial charge in [0.25, 0.3) is 0 Å². The van der Waals surface area contributed by atoms with Crippen molar-refractivity contribution in [1.82, 2.24) is 9.62 Å². The van der Waals surface area contributed by atoms with Crippen LogP contribution < -0.4 is 4.72 Å². The molecule has 3 fully saturated rings. The molecule has 0 bridgehead atoms. The first-order valence-corrected chi connectivity index (χ1v) is 12.2. The number of hydrogen-bond acceptors (Lipinski definition) is 5. The second-order valence-corrected chi connectivity index (χ2v) is 10.8. The quantitative estimate of drug-likeness (QED) is 0.626. The smallest absolute Gasteiger partial charge is 0.475 e. The summed E-state index contributed by atoms with van der Waals surface area (Å²) in [6.07, 6.45) is -1.52. The Balaban J connectivity index is 0.000000360. The molecule has 2 N–H and O–H groups in total. The van der Waals surface area contributed by atoms with Gasteiger partial charge in [-0.3, -0.25) is 4.90 Å². The third-order valence-corrected chi connectivity index (χ3v) is 8.07. The fraction of sp³-hybridized carbons (Fsp3) is 0.667. The molecule has 2 aliphatic heterocycles. The van der Waals surface area contributed by atoms with E-state index < -0.39 is 22.2 Å². The number of halogens is 3. The Morgan fingerprint density at radius 3 is 2.34 bits per heavy atom. The first kappa shape index (κ1) is 24.9. The van der Waals surface area contributed by atoms with Gasteiger partial charge in [0.1, 0.15) is 0 Å². The molecular formula is C21H29F3N2O5S. The van der Waals surface area contributed by atoms with Crippen molar-refractivity contribution in [3.63, 3.8) is 0 Å². The molecule has 1 aromatic rings. The number of rotatable bonds is 7. The molecule has 1 saturated carbocycles. The molecule has 0 aromatic heterocycles. The van der Waals surface area contributed by atoms with Crippen LogP contribution in [0.5, 0.6) is 0 Å². The maximum Gasteiger partial charge on any atom is 0.490 e. The Labute approximate surface area is 186 Å². The Hall–Kier alpha value is -1.69. The van der Waals surface area contributed by atoms with Gasteiger partial charge < -0.3 is 9.84 Å². The molecule has 4 rings (SSSR count). The second-order valence-electron chi connectivity index (χ2n) is 8.76. The molecule has 2 heterocycles. The predicted octanol–water partition coefficient (Wildman–Crippen LogP) is 2.69. The summed E-state index contributed by atoms with van der Waals surface area (Å²) in [7, 11) is -3.06. The highest BCUT2D eigenvalue weighted by atomic mass is 32.2. The van der Waals surface area contributed by atoms with Crippen LogP contribution in [0.25, 0.3) is 0 Å². The van der Waals surface area contributed by atoms with Crippen LogP contribution >= 0.6 is 0 Å². The van der Waals surface area contributed by atoms with Crippen molar-refractivity contribution < 1.29 is 36.2 Å². The molecule has 1 atom stereocenters. The molecule has 32 heavy (non-hydrogen) atoms. The van der Waals surface area contributed by atoms with Crippen LogP contribution in [0.2, 0.25) is 0 Å². The van der Waals surface area contributed by atoms with Crippen molar-refractivity contribution in [3.05, 3.63) is 35.4 Å². The molecule has 3 aliphatic rings. The van der Waals surface area contributed by atoms with Crippen LogP contribution in [-0.2, 0) is 26.1 Å². The second kappa shape index (κ2) is 9.66. The highest BCUT2D eigenvalue weighted by Crippen LogP contribution is 2.42. The van der Waals surface area contributed by atoms with Crippen LogP contribution in [0.4, 0.5) is 13.2 Å². The number of carbonyl (C=O) groups is 1. The summed E-state index contributed by atoms with van der Waals surface area (Å²) in [6.45, 7) is 6.34. The van der Waals surface area contributed by atoms with Gasteiger partial charge in [-0.05, 0) is 44.1 Å². The summed E-state index contributed by atoms with van der Waals surface area (Å²) < 4.78 is 64.5. The maximum atomic E-state index is 11.9. The Bertz CT molecular complexity index is 895.